The molecule has 3 heterocycles. The van der Waals surface area contributed by atoms with E-state index in [4.69, 9.17) is 4.74 Å². The summed E-state index contributed by atoms with van der Waals surface area (Å²) in [5, 5.41) is 7.80. The summed E-state index contributed by atoms with van der Waals surface area (Å²) in [6.07, 6.45) is 7.88. The molecular weight excluding hydrogens is 252 g/mol. The average Bonchev–Trinajstić information content (AvgIpc) is 2.96. The van der Waals surface area contributed by atoms with Crippen molar-refractivity contribution < 1.29 is 4.74 Å². The van der Waals surface area contributed by atoms with E-state index in [0.717, 1.165) is 43.2 Å². The van der Waals surface area contributed by atoms with Gasteiger partial charge in [-0.3, -0.25) is 0 Å². The molecule has 20 heavy (non-hydrogen) atoms. The standard InChI is InChI=1S/C15H22N4O/c1-2-12-11-15(19-14(18-12)7-9-17-19)16-8-6-13-5-3-4-10-20-13/h7,9,11,13,16H,2-6,8,10H2,1H3. The summed E-state index contributed by atoms with van der Waals surface area (Å²) in [7, 11) is 0. The van der Waals surface area contributed by atoms with E-state index in [1.807, 2.05) is 10.6 Å². The van der Waals surface area contributed by atoms with Gasteiger partial charge >= 0.3 is 0 Å². The van der Waals surface area contributed by atoms with E-state index in [2.05, 4.69) is 28.4 Å². The molecule has 1 aliphatic rings. The zero-order chi connectivity index (χ0) is 13.8. The van der Waals surface area contributed by atoms with Crippen molar-refractivity contribution >= 4 is 11.5 Å². The van der Waals surface area contributed by atoms with Gasteiger partial charge in [-0.25, -0.2) is 4.98 Å². The normalized spacial score (nSPS) is 19.4. The molecule has 3 rings (SSSR count). The summed E-state index contributed by atoms with van der Waals surface area (Å²) >= 11 is 0. The number of nitrogens with zero attached hydrogens (tertiary/aromatic N) is 3. The number of anilines is 1. The van der Waals surface area contributed by atoms with Crippen LogP contribution in [0.1, 0.15) is 38.3 Å². The Balaban J connectivity index is 1.65. The van der Waals surface area contributed by atoms with Crippen molar-refractivity contribution in [2.45, 2.75) is 45.1 Å². The number of nitrogens with one attached hydrogen (secondary N) is 1. The molecular formula is C15H22N4O. The first-order valence-corrected chi connectivity index (χ1v) is 7.56. The van der Waals surface area contributed by atoms with Gasteiger partial charge in [0.05, 0.1) is 12.3 Å². The predicted octanol–water partition coefficient (Wildman–Crippen LogP) is 2.66. The molecule has 0 spiro atoms. The van der Waals surface area contributed by atoms with Gasteiger partial charge in [0.1, 0.15) is 5.82 Å². The second kappa shape index (κ2) is 6.22. The molecule has 1 atom stereocenters. The Hall–Kier alpha value is -1.62. The Labute approximate surface area is 119 Å². The Kier molecular flexibility index (Phi) is 4.16. The molecule has 2 aromatic rings. The molecule has 0 saturated carbocycles. The molecule has 1 saturated heterocycles. The van der Waals surface area contributed by atoms with Crippen LogP contribution in [-0.2, 0) is 11.2 Å². The minimum Gasteiger partial charge on any atom is -0.378 e. The number of ether oxygens (including phenoxy) is 1. The first kappa shape index (κ1) is 13.4. The maximum Gasteiger partial charge on any atom is 0.157 e. The van der Waals surface area contributed by atoms with Crippen LogP contribution in [0.4, 0.5) is 5.82 Å². The molecule has 0 aromatic carbocycles. The van der Waals surface area contributed by atoms with Crippen molar-refractivity contribution in [2.24, 2.45) is 0 Å². The molecule has 1 fully saturated rings. The molecule has 108 valence electrons. The third kappa shape index (κ3) is 2.93. The van der Waals surface area contributed by atoms with Gasteiger partial charge in [0, 0.05) is 31.0 Å². The van der Waals surface area contributed by atoms with Gasteiger partial charge in [0.2, 0.25) is 0 Å². The fourth-order valence-corrected chi connectivity index (χ4v) is 2.67. The van der Waals surface area contributed by atoms with E-state index >= 15 is 0 Å². The molecule has 0 aliphatic carbocycles. The molecule has 0 radical (unpaired) electrons. The van der Waals surface area contributed by atoms with Crippen LogP contribution in [0.3, 0.4) is 0 Å². The highest BCUT2D eigenvalue weighted by Crippen LogP contribution is 2.17. The molecule has 1 N–H and O–H groups in total. The minimum atomic E-state index is 0.414. The SMILES string of the molecule is CCc1cc(NCCC2CCCCO2)n2nccc2n1. The van der Waals surface area contributed by atoms with Crippen LogP contribution in [0, 0.1) is 0 Å². The Morgan fingerprint density at radius 1 is 1.45 bits per heavy atom. The van der Waals surface area contributed by atoms with Gasteiger partial charge in [0.25, 0.3) is 0 Å². The second-order valence-electron chi connectivity index (χ2n) is 5.29. The average molecular weight is 274 g/mol. The number of hydrogen-bond acceptors (Lipinski definition) is 4. The molecule has 1 unspecified atom stereocenters. The summed E-state index contributed by atoms with van der Waals surface area (Å²) in [5.41, 5.74) is 2.00. The number of rotatable bonds is 5. The highest BCUT2D eigenvalue weighted by molar-refractivity contribution is 5.49. The van der Waals surface area contributed by atoms with Gasteiger partial charge < -0.3 is 10.1 Å². The zero-order valence-electron chi connectivity index (χ0n) is 12.0. The van der Waals surface area contributed by atoms with E-state index in [1.165, 1.54) is 19.3 Å². The molecule has 0 amide bonds. The minimum absolute atomic E-state index is 0.414. The Bertz CT molecular complexity index is 560. The van der Waals surface area contributed by atoms with Gasteiger partial charge in [-0.15, -0.1) is 0 Å². The second-order valence-corrected chi connectivity index (χ2v) is 5.29. The third-order valence-electron chi connectivity index (χ3n) is 3.82. The molecule has 5 heteroatoms. The molecule has 1 aliphatic heterocycles. The molecule has 5 nitrogen and oxygen atoms in total. The van der Waals surface area contributed by atoms with Crippen LogP contribution < -0.4 is 5.32 Å². The molecule has 2 aromatic heterocycles. The number of hydrogen-bond donors (Lipinski definition) is 1. The van der Waals surface area contributed by atoms with E-state index in [-0.39, 0.29) is 0 Å². The van der Waals surface area contributed by atoms with Crippen molar-refractivity contribution in [1.82, 2.24) is 14.6 Å². The van der Waals surface area contributed by atoms with E-state index in [1.54, 1.807) is 6.20 Å². The fourth-order valence-electron chi connectivity index (χ4n) is 2.67. The number of aromatic nitrogens is 3. The van der Waals surface area contributed by atoms with Crippen LogP contribution >= 0.6 is 0 Å². The van der Waals surface area contributed by atoms with Crippen LogP contribution in [0.15, 0.2) is 18.3 Å². The highest BCUT2D eigenvalue weighted by Gasteiger charge is 2.13. The topological polar surface area (TPSA) is 51.5 Å². The van der Waals surface area contributed by atoms with Crippen molar-refractivity contribution in [2.75, 3.05) is 18.5 Å². The monoisotopic (exact) mass is 274 g/mol. The predicted molar refractivity (Wildman–Crippen MR) is 79.1 cm³/mol. The lowest BCUT2D eigenvalue weighted by atomic mass is 10.1. The van der Waals surface area contributed by atoms with Crippen molar-refractivity contribution in [1.29, 1.82) is 0 Å². The van der Waals surface area contributed by atoms with E-state index in [9.17, 15) is 0 Å². The first-order valence-electron chi connectivity index (χ1n) is 7.56. The lowest BCUT2D eigenvalue weighted by molar-refractivity contribution is 0.0134. The highest BCUT2D eigenvalue weighted by atomic mass is 16.5. The summed E-state index contributed by atoms with van der Waals surface area (Å²) < 4.78 is 7.62. The fraction of sp³-hybridized carbons (Fsp3) is 0.600. The summed E-state index contributed by atoms with van der Waals surface area (Å²) in [6, 6.07) is 4.02. The Morgan fingerprint density at radius 3 is 3.20 bits per heavy atom. The lowest BCUT2D eigenvalue weighted by Crippen LogP contribution is -2.22. The summed E-state index contributed by atoms with van der Waals surface area (Å²) in [6.45, 7) is 3.95. The van der Waals surface area contributed by atoms with Crippen LogP contribution in [-0.4, -0.2) is 33.9 Å². The summed E-state index contributed by atoms with van der Waals surface area (Å²) in [4.78, 5) is 4.55. The Morgan fingerprint density at radius 2 is 2.40 bits per heavy atom. The van der Waals surface area contributed by atoms with E-state index in [0.29, 0.717) is 6.10 Å². The molecule has 0 bridgehead atoms. The van der Waals surface area contributed by atoms with Crippen molar-refractivity contribution in [3.8, 4) is 0 Å². The van der Waals surface area contributed by atoms with Crippen LogP contribution in [0.2, 0.25) is 0 Å². The summed E-state index contributed by atoms with van der Waals surface area (Å²) in [5.74, 6) is 1.02. The largest absolute Gasteiger partial charge is 0.378 e. The van der Waals surface area contributed by atoms with Gasteiger partial charge in [-0.05, 0) is 32.1 Å². The zero-order valence-corrected chi connectivity index (χ0v) is 12.0. The van der Waals surface area contributed by atoms with E-state index < -0.39 is 0 Å². The number of fused-ring (bicyclic) bond motifs is 1. The maximum atomic E-state index is 5.76. The van der Waals surface area contributed by atoms with Crippen LogP contribution in [0.5, 0.6) is 0 Å². The first-order chi connectivity index (χ1) is 9.86. The van der Waals surface area contributed by atoms with Gasteiger partial charge in [0.15, 0.2) is 5.65 Å². The van der Waals surface area contributed by atoms with Gasteiger partial charge in [-0.2, -0.15) is 9.61 Å². The smallest absolute Gasteiger partial charge is 0.157 e. The number of aryl methyl sites for hydroxylation is 1. The van der Waals surface area contributed by atoms with Crippen LogP contribution in [0.25, 0.3) is 5.65 Å². The van der Waals surface area contributed by atoms with Crippen molar-refractivity contribution in [3.63, 3.8) is 0 Å². The third-order valence-corrected chi connectivity index (χ3v) is 3.82. The van der Waals surface area contributed by atoms with Crippen molar-refractivity contribution in [3.05, 3.63) is 24.0 Å². The quantitative estimate of drug-likeness (QED) is 0.910. The van der Waals surface area contributed by atoms with Gasteiger partial charge in [-0.1, -0.05) is 6.92 Å². The maximum absolute atomic E-state index is 5.76. The lowest BCUT2D eigenvalue weighted by Gasteiger charge is -2.22.